The first-order chi connectivity index (χ1) is 23.9. The van der Waals surface area contributed by atoms with Gasteiger partial charge in [-0.25, -0.2) is 23.5 Å². The Kier molecular flexibility index (Phi) is 8.08. The molecule has 49 heavy (non-hydrogen) atoms. The summed E-state index contributed by atoms with van der Waals surface area (Å²) in [6.07, 6.45) is 2.89. The molecule has 11 nitrogen and oxygen atoms in total. The van der Waals surface area contributed by atoms with Crippen molar-refractivity contribution in [2.75, 3.05) is 33.5 Å². The zero-order valence-corrected chi connectivity index (χ0v) is 26.6. The van der Waals surface area contributed by atoms with Crippen molar-refractivity contribution in [3.8, 4) is 28.8 Å². The first kappa shape index (κ1) is 31.1. The first-order valence-electron chi connectivity index (χ1n) is 16.1. The van der Waals surface area contributed by atoms with Crippen molar-refractivity contribution in [3.05, 3.63) is 93.9 Å². The van der Waals surface area contributed by atoms with E-state index in [9.17, 15) is 14.3 Å². The quantitative estimate of drug-likeness (QED) is 0.193. The smallest absolute Gasteiger partial charge is 0.335 e. The van der Waals surface area contributed by atoms with E-state index in [1.54, 1.807) is 18.2 Å². The average molecular weight is 671 g/mol. The van der Waals surface area contributed by atoms with Crippen LogP contribution in [-0.4, -0.2) is 70.2 Å². The van der Waals surface area contributed by atoms with Crippen molar-refractivity contribution in [3.63, 3.8) is 0 Å². The highest BCUT2D eigenvalue weighted by atomic mass is 19.1. The van der Waals surface area contributed by atoms with E-state index >= 15 is 4.39 Å². The Bertz CT molecular complexity index is 2090. The maximum absolute atomic E-state index is 16.2. The van der Waals surface area contributed by atoms with E-state index in [1.165, 1.54) is 31.5 Å². The molecule has 0 aliphatic carbocycles. The first-order valence-corrected chi connectivity index (χ1v) is 16.1. The van der Waals surface area contributed by atoms with Crippen molar-refractivity contribution >= 4 is 17.0 Å². The number of methoxy groups -OCH3 is 1. The molecule has 252 valence electrons. The number of hydrogen-bond acceptors (Lipinski definition) is 9. The van der Waals surface area contributed by atoms with E-state index in [0.717, 1.165) is 12.0 Å². The molecule has 2 saturated heterocycles. The summed E-state index contributed by atoms with van der Waals surface area (Å²) in [6.45, 7) is 2.54. The van der Waals surface area contributed by atoms with Crippen LogP contribution < -0.4 is 14.2 Å². The predicted octanol–water partition coefficient (Wildman–Crippen LogP) is 5.49. The molecular formula is C36H32F2N4O7. The van der Waals surface area contributed by atoms with Crippen molar-refractivity contribution in [1.82, 2.24) is 19.5 Å². The number of carboxylic acids is 1. The fraction of sp³-hybridized carbons (Fsp3) is 0.333. The number of ether oxygens (including phenoxy) is 5. The van der Waals surface area contributed by atoms with Crippen LogP contribution >= 0.6 is 0 Å². The van der Waals surface area contributed by atoms with Gasteiger partial charge in [0, 0.05) is 53.8 Å². The number of rotatable bonds is 11. The molecule has 0 amide bonds. The van der Waals surface area contributed by atoms with Gasteiger partial charge < -0.3 is 33.4 Å². The standard InChI is InChI=1S/C36H32F2N4O7/c1-45-31-12-21(35(43)44)11-30-33(31)41-32(42(30)15-23-5-8-47-23)14-25-24-6-9-48-34(24)26(13-28(25)38)29-4-7-39-36(40-29)49-18-20-3-2-19(10-27(20)37)22-16-46-17-22/h2-4,7,10-13,22-23H,5-6,8-9,14-18H2,1H3,(H,43,44)/t23-/m0/s1. The zero-order chi connectivity index (χ0) is 33.6. The van der Waals surface area contributed by atoms with Gasteiger partial charge in [-0.05, 0) is 42.3 Å². The summed E-state index contributed by atoms with van der Waals surface area (Å²) in [5.41, 5.74) is 4.36. The van der Waals surface area contributed by atoms with Gasteiger partial charge >= 0.3 is 12.0 Å². The van der Waals surface area contributed by atoms with Crippen LogP contribution in [0.25, 0.3) is 22.3 Å². The molecular weight excluding hydrogens is 638 g/mol. The number of fused-ring (bicyclic) bond motifs is 2. The van der Waals surface area contributed by atoms with Crippen molar-refractivity contribution in [2.24, 2.45) is 0 Å². The molecule has 0 saturated carbocycles. The SMILES string of the molecule is COc1cc(C(=O)O)cc2c1nc(Cc1c(F)cc(-c3ccnc(OCc4ccc(C5COC5)cc4F)n3)c3c1CCO3)n2C[C@@H]1CCO1. The molecule has 3 aromatic carbocycles. The van der Waals surface area contributed by atoms with Crippen molar-refractivity contribution in [2.45, 2.75) is 44.4 Å². The van der Waals surface area contributed by atoms with Crippen molar-refractivity contribution < 1.29 is 42.4 Å². The molecule has 1 N–H and O–H groups in total. The third-order valence-corrected chi connectivity index (χ3v) is 9.37. The molecule has 1 atom stereocenters. The number of aromatic nitrogens is 4. The maximum atomic E-state index is 16.2. The molecule has 5 aromatic rings. The van der Waals surface area contributed by atoms with Crippen LogP contribution in [-0.2, 0) is 35.5 Å². The van der Waals surface area contributed by atoms with Crippen LogP contribution in [0.1, 0.15) is 50.8 Å². The lowest BCUT2D eigenvalue weighted by molar-refractivity contribution is -0.0589. The monoisotopic (exact) mass is 670 g/mol. The Balaban J connectivity index is 1.10. The van der Waals surface area contributed by atoms with E-state index in [0.29, 0.717) is 95.7 Å². The summed E-state index contributed by atoms with van der Waals surface area (Å²) < 4.78 is 61.1. The van der Waals surface area contributed by atoms with E-state index in [1.807, 2.05) is 10.6 Å². The van der Waals surface area contributed by atoms with Crippen LogP contribution in [0.2, 0.25) is 0 Å². The number of carboxylic acid groups (broad SMARTS) is 1. The van der Waals surface area contributed by atoms with Crippen molar-refractivity contribution in [1.29, 1.82) is 0 Å². The van der Waals surface area contributed by atoms with Gasteiger partial charge in [-0.15, -0.1) is 0 Å². The summed E-state index contributed by atoms with van der Waals surface area (Å²) in [5, 5.41) is 9.74. The number of imidazole rings is 1. The molecule has 0 radical (unpaired) electrons. The van der Waals surface area contributed by atoms with Gasteiger partial charge in [0.15, 0.2) is 0 Å². The highest BCUT2D eigenvalue weighted by Crippen LogP contribution is 2.41. The fourth-order valence-electron chi connectivity index (χ4n) is 6.50. The highest BCUT2D eigenvalue weighted by Gasteiger charge is 2.29. The van der Waals surface area contributed by atoms with Gasteiger partial charge in [-0.3, -0.25) is 0 Å². The zero-order valence-electron chi connectivity index (χ0n) is 26.6. The number of nitrogens with zero attached hydrogens (tertiary/aromatic N) is 4. The Morgan fingerprint density at radius 2 is 1.94 bits per heavy atom. The Morgan fingerprint density at radius 3 is 2.65 bits per heavy atom. The van der Waals surface area contributed by atoms with E-state index < -0.39 is 11.8 Å². The molecule has 2 fully saturated rings. The van der Waals surface area contributed by atoms with Crippen LogP contribution in [0, 0.1) is 11.6 Å². The van der Waals surface area contributed by atoms with Crippen LogP contribution in [0.3, 0.4) is 0 Å². The number of benzene rings is 3. The van der Waals surface area contributed by atoms with E-state index in [4.69, 9.17) is 28.7 Å². The lowest BCUT2D eigenvalue weighted by atomic mass is 9.96. The summed E-state index contributed by atoms with van der Waals surface area (Å²) in [7, 11) is 1.46. The Morgan fingerprint density at radius 1 is 1.08 bits per heavy atom. The Labute approximate surface area is 279 Å². The van der Waals surface area contributed by atoms with Crippen LogP contribution in [0.4, 0.5) is 8.78 Å². The second kappa shape index (κ2) is 12.7. The summed E-state index contributed by atoms with van der Waals surface area (Å²) >= 11 is 0. The topological polar surface area (TPSA) is 127 Å². The second-order valence-corrected chi connectivity index (χ2v) is 12.3. The Hall–Kier alpha value is -5.14. The van der Waals surface area contributed by atoms with Gasteiger partial charge in [0.1, 0.15) is 41.1 Å². The molecule has 0 spiro atoms. The minimum atomic E-state index is -1.09. The van der Waals surface area contributed by atoms with Gasteiger partial charge in [0.2, 0.25) is 0 Å². The molecule has 8 rings (SSSR count). The predicted molar refractivity (Wildman–Crippen MR) is 171 cm³/mol. The minimum Gasteiger partial charge on any atom is -0.494 e. The molecule has 5 heterocycles. The van der Waals surface area contributed by atoms with Gasteiger partial charge in [-0.1, -0.05) is 12.1 Å². The third kappa shape index (κ3) is 5.82. The highest BCUT2D eigenvalue weighted by molar-refractivity contribution is 5.95. The second-order valence-electron chi connectivity index (χ2n) is 12.3. The summed E-state index contributed by atoms with van der Waals surface area (Å²) in [5.74, 6) is -0.345. The normalized spacial score (nSPS) is 16.9. The lowest BCUT2D eigenvalue weighted by Gasteiger charge is -2.27. The molecule has 3 aliphatic rings. The number of carbonyl (C=O) groups is 1. The molecule has 13 heteroatoms. The maximum Gasteiger partial charge on any atom is 0.335 e. The van der Waals surface area contributed by atoms with Crippen LogP contribution in [0.15, 0.2) is 48.7 Å². The molecule has 3 aliphatic heterocycles. The fourth-order valence-corrected chi connectivity index (χ4v) is 6.50. The molecule has 0 unspecified atom stereocenters. The summed E-state index contributed by atoms with van der Waals surface area (Å²) in [6, 6.07) is 11.1. The lowest BCUT2D eigenvalue weighted by Crippen LogP contribution is -2.31. The number of aromatic carboxylic acids is 1. The molecule has 0 bridgehead atoms. The number of halogens is 2. The minimum absolute atomic E-state index is 0.0196. The van der Waals surface area contributed by atoms with Gasteiger partial charge in [0.25, 0.3) is 0 Å². The van der Waals surface area contributed by atoms with Gasteiger partial charge in [-0.2, -0.15) is 4.98 Å². The average Bonchev–Trinajstić information content (AvgIpc) is 3.67. The number of hydrogen-bond donors (Lipinski definition) is 1. The third-order valence-electron chi connectivity index (χ3n) is 9.37. The summed E-state index contributed by atoms with van der Waals surface area (Å²) in [4.78, 5) is 25.4. The van der Waals surface area contributed by atoms with Crippen LogP contribution in [0.5, 0.6) is 17.5 Å². The van der Waals surface area contributed by atoms with E-state index in [-0.39, 0.29) is 42.4 Å². The van der Waals surface area contributed by atoms with Gasteiger partial charge in [0.05, 0.1) is 56.4 Å². The molecule has 2 aromatic heterocycles. The largest absolute Gasteiger partial charge is 0.494 e. The van der Waals surface area contributed by atoms with E-state index in [2.05, 4.69) is 9.97 Å².